The van der Waals surface area contributed by atoms with E-state index in [1.807, 2.05) is 30.3 Å². The summed E-state index contributed by atoms with van der Waals surface area (Å²) in [5.74, 6) is -0.0799. The van der Waals surface area contributed by atoms with Gasteiger partial charge in [0.15, 0.2) is 0 Å². The highest BCUT2D eigenvalue weighted by Crippen LogP contribution is 2.32. The molecule has 1 aliphatic rings. The molecule has 124 valence electrons. The molecule has 0 aliphatic carbocycles. The van der Waals surface area contributed by atoms with Crippen molar-refractivity contribution in [2.45, 2.75) is 26.2 Å². The van der Waals surface area contributed by atoms with Gasteiger partial charge in [-0.15, -0.1) is 0 Å². The summed E-state index contributed by atoms with van der Waals surface area (Å²) < 4.78 is 0. The van der Waals surface area contributed by atoms with Crippen LogP contribution in [0.5, 0.6) is 5.75 Å². The first-order valence-corrected chi connectivity index (χ1v) is 8.15. The summed E-state index contributed by atoms with van der Waals surface area (Å²) in [5.41, 5.74) is 3.73. The number of aliphatic imine (C=N–C) groups is 1. The quantitative estimate of drug-likeness (QED) is 0.916. The molecular formula is C21H18N2O2. The van der Waals surface area contributed by atoms with Crippen LogP contribution in [0.2, 0.25) is 0 Å². The Bertz CT molecular complexity index is 929. The molecule has 1 aliphatic heterocycles. The molecule has 25 heavy (non-hydrogen) atoms. The minimum atomic E-state index is -0.560. The molecule has 2 aromatic carbocycles. The van der Waals surface area contributed by atoms with Crippen molar-refractivity contribution in [1.29, 1.82) is 5.26 Å². The maximum absolute atomic E-state index is 12.3. The zero-order chi connectivity index (χ0) is 18.0. The molecule has 1 heterocycles. The highest BCUT2D eigenvalue weighted by atomic mass is 16.3. The van der Waals surface area contributed by atoms with E-state index >= 15 is 0 Å². The smallest absolute Gasteiger partial charge is 0.288 e. The fraction of sp³-hybridized carbons (Fsp3) is 0.190. The molecule has 0 saturated heterocycles. The van der Waals surface area contributed by atoms with Crippen LogP contribution in [-0.4, -0.2) is 16.7 Å². The first-order valence-electron chi connectivity index (χ1n) is 8.15. The lowest BCUT2D eigenvalue weighted by atomic mass is 9.89. The van der Waals surface area contributed by atoms with Crippen molar-refractivity contribution in [2.75, 3.05) is 0 Å². The molecule has 3 rings (SSSR count). The number of dihydropyridines is 1. The first-order chi connectivity index (χ1) is 12.0. The average Bonchev–Trinajstić information content (AvgIpc) is 2.61. The lowest BCUT2D eigenvalue weighted by Gasteiger charge is -2.18. The summed E-state index contributed by atoms with van der Waals surface area (Å²) in [6, 6.07) is 16.7. The van der Waals surface area contributed by atoms with E-state index < -0.39 is 5.91 Å². The molecule has 1 amide bonds. The van der Waals surface area contributed by atoms with Crippen LogP contribution < -0.4 is 0 Å². The Morgan fingerprint density at radius 2 is 1.80 bits per heavy atom. The molecule has 0 fully saturated rings. The van der Waals surface area contributed by atoms with Crippen LogP contribution in [0.25, 0.3) is 5.57 Å². The molecule has 0 spiro atoms. The van der Waals surface area contributed by atoms with Gasteiger partial charge in [0.25, 0.3) is 5.91 Å². The summed E-state index contributed by atoms with van der Waals surface area (Å²) in [4.78, 5) is 16.4. The fourth-order valence-electron chi connectivity index (χ4n) is 2.91. The zero-order valence-electron chi connectivity index (χ0n) is 14.2. The van der Waals surface area contributed by atoms with E-state index in [0.717, 1.165) is 5.56 Å². The minimum Gasteiger partial charge on any atom is -0.507 e. The summed E-state index contributed by atoms with van der Waals surface area (Å²) in [6.45, 7) is 4.23. The van der Waals surface area contributed by atoms with Crippen molar-refractivity contribution >= 4 is 17.2 Å². The minimum absolute atomic E-state index is 0.0662. The molecule has 0 bridgehead atoms. The number of phenols is 1. The number of nitrogens with zero attached hydrogens (tertiary/aromatic N) is 2. The third kappa shape index (κ3) is 3.22. The highest BCUT2D eigenvalue weighted by molar-refractivity contribution is 6.22. The lowest BCUT2D eigenvalue weighted by Crippen LogP contribution is -2.15. The van der Waals surface area contributed by atoms with Gasteiger partial charge in [-0.2, -0.15) is 5.26 Å². The molecule has 0 aromatic heterocycles. The normalized spacial score (nSPS) is 14.5. The monoisotopic (exact) mass is 330 g/mol. The zero-order valence-corrected chi connectivity index (χ0v) is 14.2. The Hall–Kier alpha value is -3.19. The number of amides is 1. The number of aromatic hydroxyl groups is 1. The van der Waals surface area contributed by atoms with Gasteiger partial charge in [0.2, 0.25) is 0 Å². The SMILES string of the molecule is CC(C)c1ccc(C2=C(C#N)C(=O)N=C(c3ccccc3O)C2)cc1. The van der Waals surface area contributed by atoms with Crippen LogP contribution in [0.3, 0.4) is 0 Å². The standard InChI is InChI=1S/C21H18N2O2/c1-13(2)14-7-9-15(10-8-14)17-11-19(23-21(25)18(17)12-22)16-5-3-4-6-20(16)24/h3-10,13,24H,11H2,1-2H3. The van der Waals surface area contributed by atoms with Crippen molar-refractivity contribution in [1.82, 2.24) is 0 Å². The Balaban J connectivity index is 2.04. The van der Waals surface area contributed by atoms with Gasteiger partial charge in [-0.1, -0.05) is 50.2 Å². The largest absolute Gasteiger partial charge is 0.507 e. The van der Waals surface area contributed by atoms with Crippen molar-refractivity contribution in [2.24, 2.45) is 4.99 Å². The maximum Gasteiger partial charge on any atom is 0.288 e. The third-order valence-electron chi connectivity index (χ3n) is 4.35. The van der Waals surface area contributed by atoms with Gasteiger partial charge in [0, 0.05) is 12.0 Å². The van der Waals surface area contributed by atoms with Gasteiger partial charge in [-0.3, -0.25) is 4.79 Å². The van der Waals surface area contributed by atoms with Gasteiger partial charge < -0.3 is 5.11 Å². The third-order valence-corrected chi connectivity index (χ3v) is 4.35. The molecule has 0 radical (unpaired) electrons. The van der Waals surface area contributed by atoms with Crippen LogP contribution in [0, 0.1) is 11.3 Å². The Labute approximate surface area is 146 Å². The van der Waals surface area contributed by atoms with Crippen LogP contribution in [0.4, 0.5) is 0 Å². The molecule has 1 N–H and O–H groups in total. The number of hydrogen-bond donors (Lipinski definition) is 1. The topological polar surface area (TPSA) is 73.5 Å². The summed E-state index contributed by atoms with van der Waals surface area (Å²) in [5, 5.41) is 19.5. The number of rotatable bonds is 3. The van der Waals surface area contributed by atoms with Crippen molar-refractivity contribution < 1.29 is 9.90 Å². The molecular weight excluding hydrogens is 312 g/mol. The van der Waals surface area contributed by atoms with E-state index in [1.54, 1.807) is 24.3 Å². The van der Waals surface area contributed by atoms with E-state index in [-0.39, 0.29) is 11.3 Å². The van der Waals surface area contributed by atoms with Crippen molar-refractivity contribution in [3.63, 3.8) is 0 Å². The van der Waals surface area contributed by atoms with Gasteiger partial charge in [0.05, 0.1) is 5.71 Å². The number of allylic oxidation sites excluding steroid dienone is 1. The van der Waals surface area contributed by atoms with E-state index in [0.29, 0.717) is 29.2 Å². The number of phenolic OH excluding ortho intramolecular Hbond substituents is 1. The summed E-state index contributed by atoms with van der Waals surface area (Å²) in [6.07, 6.45) is 0.327. The average molecular weight is 330 g/mol. The number of nitriles is 1. The summed E-state index contributed by atoms with van der Waals surface area (Å²) >= 11 is 0. The second-order valence-corrected chi connectivity index (χ2v) is 6.30. The molecule has 4 nitrogen and oxygen atoms in total. The number of carbonyl (C=O) groups excluding carboxylic acids is 1. The van der Waals surface area contributed by atoms with E-state index in [4.69, 9.17) is 0 Å². The fourth-order valence-corrected chi connectivity index (χ4v) is 2.91. The Morgan fingerprint density at radius 3 is 2.40 bits per heavy atom. The van der Waals surface area contributed by atoms with Crippen LogP contribution >= 0.6 is 0 Å². The van der Waals surface area contributed by atoms with Crippen LogP contribution in [-0.2, 0) is 4.79 Å². The number of benzene rings is 2. The van der Waals surface area contributed by atoms with Gasteiger partial charge in [-0.05, 0) is 34.8 Å². The number of hydrogen-bond acceptors (Lipinski definition) is 3. The van der Waals surface area contributed by atoms with E-state index in [1.165, 1.54) is 5.56 Å². The second kappa shape index (κ2) is 6.74. The van der Waals surface area contributed by atoms with E-state index in [2.05, 4.69) is 18.8 Å². The van der Waals surface area contributed by atoms with E-state index in [9.17, 15) is 15.2 Å². The number of carbonyl (C=O) groups is 1. The lowest BCUT2D eigenvalue weighted by molar-refractivity contribution is -0.114. The van der Waals surface area contributed by atoms with Gasteiger partial charge >= 0.3 is 0 Å². The van der Waals surface area contributed by atoms with Crippen molar-refractivity contribution in [3.8, 4) is 11.8 Å². The predicted molar refractivity (Wildman–Crippen MR) is 97.3 cm³/mol. The predicted octanol–water partition coefficient (Wildman–Crippen LogP) is 4.21. The van der Waals surface area contributed by atoms with Crippen LogP contribution in [0.15, 0.2) is 59.1 Å². The Morgan fingerprint density at radius 1 is 1.12 bits per heavy atom. The first kappa shape index (κ1) is 16.7. The van der Waals surface area contributed by atoms with Gasteiger partial charge in [-0.25, -0.2) is 4.99 Å². The molecule has 0 atom stereocenters. The maximum atomic E-state index is 12.3. The molecule has 2 aromatic rings. The van der Waals surface area contributed by atoms with Gasteiger partial charge in [0.1, 0.15) is 17.4 Å². The second-order valence-electron chi connectivity index (χ2n) is 6.30. The van der Waals surface area contributed by atoms with Crippen LogP contribution in [0.1, 0.15) is 42.9 Å². The highest BCUT2D eigenvalue weighted by Gasteiger charge is 2.25. The molecule has 4 heteroatoms. The molecule has 0 saturated carbocycles. The summed E-state index contributed by atoms with van der Waals surface area (Å²) in [7, 11) is 0. The number of para-hydroxylation sites is 1. The Kier molecular flexibility index (Phi) is 4.49. The van der Waals surface area contributed by atoms with Crippen molar-refractivity contribution in [3.05, 3.63) is 70.8 Å². The molecule has 0 unspecified atom stereocenters.